The molecule has 0 atom stereocenters. The molecule has 0 radical (unpaired) electrons. The SMILES string of the molecule is CC(C)CNCc1ccc(N2CCC(C)CC2)nn1. The number of hydrogen-bond donors (Lipinski definition) is 1. The van der Waals surface area contributed by atoms with Gasteiger partial charge in [0.15, 0.2) is 5.82 Å². The van der Waals surface area contributed by atoms with Gasteiger partial charge in [-0.1, -0.05) is 20.8 Å². The van der Waals surface area contributed by atoms with E-state index >= 15 is 0 Å². The fraction of sp³-hybridized carbons (Fsp3) is 0.733. The Morgan fingerprint density at radius 3 is 2.58 bits per heavy atom. The van der Waals surface area contributed by atoms with Crippen LogP contribution < -0.4 is 10.2 Å². The molecular weight excluding hydrogens is 236 g/mol. The van der Waals surface area contributed by atoms with Crippen molar-refractivity contribution in [2.75, 3.05) is 24.5 Å². The number of piperidine rings is 1. The Balaban J connectivity index is 1.84. The first-order valence-corrected chi connectivity index (χ1v) is 7.43. The molecule has 1 aromatic rings. The third-order valence-corrected chi connectivity index (χ3v) is 3.67. The fourth-order valence-electron chi connectivity index (χ4n) is 2.34. The zero-order chi connectivity index (χ0) is 13.7. The van der Waals surface area contributed by atoms with E-state index in [2.05, 4.69) is 53.3 Å². The van der Waals surface area contributed by atoms with Crippen LogP contribution in [0.4, 0.5) is 5.82 Å². The van der Waals surface area contributed by atoms with E-state index < -0.39 is 0 Å². The molecule has 2 rings (SSSR count). The van der Waals surface area contributed by atoms with Crippen molar-refractivity contribution in [2.45, 2.75) is 40.2 Å². The number of aromatic nitrogens is 2. The standard InChI is InChI=1S/C15H26N4/c1-12(2)10-16-11-14-4-5-15(18-17-14)19-8-6-13(3)7-9-19/h4-5,12-13,16H,6-11H2,1-3H3. The van der Waals surface area contributed by atoms with E-state index in [1.807, 2.05) is 0 Å². The van der Waals surface area contributed by atoms with Gasteiger partial charge in [-0.2, -0.15) is 5.10 Å². The minimum Gasteiger partial charge on any atom is -0.355 e. The summed E-state index contributed by atoms with van der Waals surface area (Å²) in [4.78, 5) is 2.35. The van der Waals surface area contributed by atoms with E-state index in [4.69, 9.17) is 0 Å². The monoisotopic (exact) mass is 262 g/mol. The van der Waals surface area contributed by atoms with Gasteiger partial charge < -0.3 is 10.2 Å². The molecule has 1 fully saturated rings. The summed E-state index contributed by atoms with van der Waals surface area (Å²) < 4.78 is 0. The van der Waals surface area contributed by atoms with Crippen molar-refractivity contribution in [3.8, 4) is 0 Å². The van der Waals surface area contributed by atoms with Gasteiger partial charge in [0.25, 0.3) is 0 Å². The van der Waals surface area contributed by atoms with E-state index in [1.54, 1.807) is 0 Å². The first-order valence-electron chi connectivity index (χ1n) is 7.43. The van der Waals surface area contributed by atoms with Gasteiger partial charge in [-0.25, -0.2) is 0 Å². The highest BCUT2D eigenvalue weighted by molar-refractivity contribution is 5.37. The van der Waals surface area contributed by atoms with E-state index in [1.165, 1.54) is 12.8 Å². The van der Waals surface area contributed by atoms with Gasteiger partial charge in [-0.05, 0) is 43.4 Å². The topological polar surface area (TPSA) is 41.0 Å². The van der Waals surface area contributed by atoms with Crippen molar-refractivity contribution >= 4 is 5.82 Å². The van der Waals surface area contributed by atoms with Gasteiger partial charge in [0.2, 0.25) is 0 Å². The third-order valence-electron chi connectivity index (χ3n) is 3.67. The van der Waals surface area contributed by atoms with Gasteiger partial charge in [0.05, 0.1) is 5.69 Å². The van der Waals surface area contributed by atoms with Gasteiger partial charge >= 0.3 is 0 Å². The number of nitrogens with one attached hydrogen (secondary N) is 1. The molecule has 0 bridgehead atoms. The van der Waals surface area contributed by atoms with Crippen LogP contribution in [0.15, 0.2) is 12.1 Å². The lowest BCUT2D eigenvalue weighted by Crippen LogP contribution is -2.33. The van der Waals surface area contributed by atoms with Crippen LogP contribution in [-0.2, 0) is 6.54 Å². The normalized spacial score (nSPS) is 17.2. The quantitative estimate of drug-likeness (QED) is 0.885. The van der Waals surface area contributed by atoms with E-state index in [-0.39, 0.29) is 0 Å². The van der Waals surface area contributed by atoms with Crippen molar-refractivity contribution in [3.05, 3.63) is 17.8 Å². The van der Waals surface area contributed by atoms with E-state index in [9.17, 15) is 0 Å². The molecule has 1 aliphatic heterocycles. The van der Waals surface area contributed by atoms with Crippen molar-refractivity contribution in [1.29, 1.82) is 0 Å². The average molecular weight is 262 g/mol. The molecular formula is C15H26N4. The summed E-state index contributed by atoms with van der Waals surface area (Å²) in [6, 6.07) is 4.20. The van der Waals surface area contributed by atoms with Crippen molar-refractivity contribution in [1.82, 2.24) is 15.5 Å². The summed E-state index contributed by atoms with van der Waals surface area (Å²) in [7, 11) is 0. The Hall–Kier alpha value is -1.16. The third kappa shape index (κ3) is 4.46. The van der Waals surface area contributed by atoms with Crippen LogP contribution in [0.25, 0.3) is 0 Å². The first-order chi connectivity index (χ1) is 9.15. The van der Waals surface area contributed by atoms with Crippen LogP contribution in [0, 0.1) is 11.8 Å². The Labute approximate surface area is 116 Å². The minimum absolute atomic E-state index is 0.669. The first kappa shape index (κ1) is 14.3. The van der Waals surface area contributed by atoms with E-state index in [0.29, 0.717) is 5.92 Å². The molecule has 106 valence electrons. The predicted octanol–water partition coefficient (Wildman–Crippen LogP) is 2.46. The molecule has 0 saturated carbocycles. The Bertz CT molecular complexity index is 366. The van der Waals surface area contributed by atoms with Crippen molar-refractivity contribution in [3.63, 3.8) is 0 Å². The van der Waals surface area contributed by atoms with Gasteiger partial charge in [0, 0.05) is 19.6 Å². The highest BCUT2D eigenvalue weighted by atomic mass is 15.3. The van der Waals surface area contributed by atoms with Gasteiger partial charge in [-0.3, -0.25) is 0 Å². The Morgan fingerprint density at radius 1 is 1.26 bits per heavy atom. The summed E-state index contributed by atoms with van der Waals surface area (Å²) >= 11 is 0. The molecule has 0 spiro atoms. The van der Waals surface area contributed by atoms with Crippen LogP contribution in [0.2, 0.25) is 0 Å². The smallest absolute Gasteiger partial charge is 0.151 e. The summed E-state index contributed by atoms with van der Waals surface area (Å²) in [5, 5.41) is 12.1. The molecule has 1 N–H and O–H groups in total. The predicted molar refractivity (Wildman–Crippen MR) is 79.2 cm³/mol. The maximum atomic E-state index is 4.36. The van der Waals surface area contributed by atoms with Crippen molar-refractivity contribution < 1.29 is 0 Å². The lowest BCUT2D eigenvalue weighted by Gasteiger charge is -2.30. The molecule has 2 heterocycles. The molecule has 1 saturated heterocycles. The molecule has 0 amide bonds. The zero-order valence-electron chi connectivity index (χ0n) is 12.4. The molecule has 4 heteroatoms. The molecule has 0 aromatic carbocycles. The summed E-state index contributed by atoms with van der Waals surface area (Å²) in [5.74, 6) is 2.55. The Morgan fingerprint density at radius 2 is 2.00 bits per heavy atom. The highest BCUT2D eigenvalue weighted by Crippen LogP contribution is 2.20. The van der Waals surface area contributed by atoms with Crippen LogP contribution in [0.5, 0.6) is 0 Å². The number of rotatable bonds is 5. The van der Waals surface area contributed by atoms with Gasteiger partial charge in [-0.15, -0.1) is 5.10 Å². The highest BCUT2D eigenvalue weighted by Gasteiger charge is 2.16. The summed E-state index contributed by atoms with van der Waals surface area (Å²) in [6.45, 7) is 10.8. The molecule has 1 aliphatic rings. The van der Waals surface area contributed by atoms with Crippen LogP contribution >= 0.6 is 0 Å². The molecule has 4 nitrogen and oxygen atoms in total. The fourth-order valence-corrected chi connectivity index (χ4v) is 2.34. The van der Waals surface area contributed by atoms with Gasteiger partial charge in [0.1, 0.15) is 0 Å². The number of anilines is 1. The maximum Gasteiger partial charge on any atom is 0.151 e. The minimum atomic E-state index is 0.669. The second-order valence-electron chi connectivity index (χ2n) is 6.08. The lowest BCUT2D eigenvalue weighted by molar-refractivity contribution is 0.435. The van der Waals surface area contributed by atoms with Crippen LogP contribution in [0.3, 0.4) is 0 Å². The van der Waals surface area contributed by atoms with Crippen LogP contribution in [0.1, 0.15) is 39.3 Å². The summed E-state index contributed by atoms with van der Waals surface area (Å²) in [5.41, 5.74) is 1.02. The zero-order valence-corrected chi connectivity index (χ0v) is 12.4. The second kappa shape index (κ2) is 6.85. The Kier molecular flexibility index (Phi) is 5.14. The lowest BCUT2D eigenvalue weighted by atomic mass is 9.99. The average Bonchev–Trinajstić information content (AvgIpc) is 2.40. The number of hydrogen-bond acceptors (Lipinski definition) is 4. The summed E-state index contributed by atoms with van der Waals surface area (Å²) in [6.07, 6.45) is 2.53. The van der Waals surface area contributed by atoms with Crippen LogP contribution in [-0.4, -0.2) is 29.8 Å². The maximum absolute atomic E-state index is 4.36. The molecule has 0 unspecified atom stereocenters. The largest absolute Gasteiger partial charge is 0.355 e. The van der Waals surface area contributed by atoms with Crippen molar-refractivity contribution in [2.24, 2.45) is 11.8 Å². The van der Waals surface area contributed by atoms with E-state index in [0.717, 1.165) is 43.6 Å². The molecule has 0 aliphatic carbocycles. The molecule has 1 aromatic heterocycles. The molecule has 19 heavy (non-hydrogen) atoms. The second-order valence-corrected chi connectivity index (χ2v) is 6.08. The number of nitrogens with zero attached hydrogens (tertiary/aromatic N) is 3.